The molecule has 8 heteroatoms. The van der Waals surface area contributed by atoms with Gasteiger partial charge in [0.2, 0.25) is 5.91 Å². The molecule has 0 heterocycles. The fraction of sp³-hybridized carbons (Fsp3) is 0.348. The summed E-state index contributed by atoms with van der Waals surface area (Å²) in [5, 5.41) is 23.2. The molecule has 4 N–H and O–H groups in total. The van der Waals surface area contributed by atoms with Crippen LogP contribution in [0.15, 0.2) is 48.5 Å². The van der Waals surface area contributed by atoms with Crippen LogP contribution in [0, 0.1) is 0 Å². The van der Waals surface area contributed by atoms with Gasteiger partial charge in [0.05, 0.1) is 6.10 Å². The van der Waals surface area contributed by atoms with Crippen molar-refractivity contribution in [2.24, 2.45) is 0 Å². The third-order valence-electron chi connectivity index (χ3n) is 5.26. The molecule has 31 heavy (non-hydrogen) atoms. The summed E-state index contributed by atoms with van der Waals surface area (Å²) in [4.78, 5) is 34.9. The highest BCUT2D eigenvalue weighted by Crippen LogP contribution is 2.44. The van der Waals surface area contributed by atoms with Crippen LogP contribution in [-0.2, 0) is 14.3 Å². The number of aliphatic carboxylic acids is 1. The Morgan fingerprint density at radius 3 is 2.16 bits per heavy atom. The number of nitrogens with one attached hydrogen (secondary N) is 2. The second-order valence-electron chi connectivity index (χ2n) is 7.48. The third kappa shape index (κ3) is 5.40. The number of carboxylic acid groups (broad SMARTS) is 1. The maximum absolute atomic E-state index is 12.1. The molecular formula is C23H26N2O6. The Bertz CT molecular complexity index is 913. The number of rotatable bonds is 9. The summed E-state index contributed by atoms with van der Waals surface area (Å²) in [6.45, 7) is 1.70. The Morgan fingerprint density at radius 2 is 1.61 bits per heavy atom. The van der Waals surface area contributed by atoms with Crippen molar-refractivity contribution in [2.75, 3.05) is 13.2 Å². The molecule has 0 unspecified atom stereocenters. The minimum Gasteiger partial charge on any atom is -0.480 e. The number of carbonyl (C=O) groups is 3. The molecule has 2 amide bonds. The van der Waals surface area contributed by atoms with E-state index in [4.69, 9.17) is 9.84 Å². The summed E-state index contributed by atoms with van der Waals surface area (Å²) in [6, 6.07) is 14.8. The van der Waals surface area contributed by atoms with E-state index < -0.39 is 30.1 Å². The van der Waals surface area contributed by atoms with E-state index >= 15 is 0 Å². The van der Waals surface area contributed by atoms with Crippen LogP contribution in [0.25, 0.3) is 11.1 Å². The molecule has 2 aromatic rings. The van der Waals surface area contributed by atoms with Gasteiger partial charge in [-0.05, 0) is 35.6 Å². The van der Waals surface area contributed by atoms with E-state index in [0.29, 0.717) is 6.42 Å². The van der Waals surface area contributed by atoms with E-state index in [0.717, 1.165) is 22.3 Å². The molecule has 2 aromatic carbocycles. The second-order valence-corrected chi connectivity index (χ2v) is 7.48. The van der Waals surface area contributed by atoms with Crippen LogP contribution in [0.1, 0.15) is 36.8 Å². The van der Waals surface area contributed by atoms with Crippen molar-refractivity contribution >= 4 is 18.0 Å². The first-order chi connectivity index (χ1) is 14.9. The zero-order chi connectivity index (χ0) is 22.4. The Balaban J connectivity index is 1.43. The molecule has 3 rings (SSSR count). The van der Waals surface area contributed by atoms with E-state index in [1.807, 2.05) is 36.4 Å². The molecule has 1 aliphatic rings. The summed E-state index contributed by atoms with van der Waals surface area (Å²) >= 11 is 0. The monoisotopic (exact) mass is 426 g/mol. The number of hydrogen-bond acceptors (Lipinski definition) is 5. The average Bonchev–Trinajstić information content (AvgIpc) is 3.07. The van der Waals surface area contributed by atoms with Crippen molar-refractivity contribution in [1.29, 1.82) is 0 Å². The van der Waals surface area contributed by atoms with Crippen LogP contribution in [0.4, 0.5) is 4.79 Å². The molecule has 0 spiro atoms. The van der Waals surface area contributed by atoms with Gasteiger partial charge in [0, 0.05) is 18.9 Å². The molecule has 2 atom stereocenters. The lowest BCUT2D eigenvalue weighted by molar-refractivity contribution is -0.144. The molecule has 0 aliphatic heterocycles. The van der Waals surface area contributed by atoms with Gasteiger partial charge in [0.15, 0.2) is 6.04 Å². The number of ether oxygens (including phenoxy) is 1. The van der Waals surface area contributed by atoms with E-state index in [1.54, 1.807) is 0 Å². The van der Waals surface area contributed by atoms with Gasteiger partial charge in [0.25, 0.3) is 0 Å². The Kier molecular flexibility index (Phi) is 7.25. The Hall–Kier alpha value is -3.39. The molecule has 0 radical (unpaired) electrons. The number of aliphatic hydroxyl groups is 1. The number of hydrogen-bond donors (Lipinski definition) is 4. The molecule has 0 bridgehead atoms. The number of carboxylic acids is 1. The predicted molar refractivity (Wildman–Crippen MR) is 114 cm³/mol. The number of alkyl carbamates (subject to hydrolysis) is 1. The van der Waals surface area contributed by atoms with E-state index in [2.05, 4.69) is 22.8 Å². The number of carbonyl (C=O) groups excluding carboxylic acids is 2. The fourth-order valence-electron chi connectivity index (χ4n) is 3.72. The smallest absolute Gasteiger partial charge is 0.407 e. The molecule has 8 nitrogen and oxygen atoms in total. The van der Waals surface area contributed by atoms with Gasteiger partial charge < -0.3 is 25.6 Å². The first-order valence-electron chi connectivity index (χ1n) is 10.2. The van der Waals surface area contributed by atoms with Gasteiger partial charge in [-0.2, -0.15) is 0 Å². The summed E-state index contributed by atoms with van der Waals surface area (Å²) in [7, 11) is 0. The predicted octanol–water partition coefficient (Wildman–Crippen LogP) is 2.26. The highest BCUT2D eigenvalue weighted by atomic mass is 16.5. The zero-order valence-corrected chi connectivity index (χ0v) is 17.2. The molecule has 1 aliphatic carbocycles. The van der Waals surface area contributed by atoms with E-state index in [1.165, 1.54) is 6.92 Å². The summed E-state index contributed by atoms with van der Waals surface area (Å²) in [5.41, 5.74) is 4.54. The number of amides is 2. The average molecular weight is 426 g/mol. The second kappa shape index (κ2) is 10.1. The minimum absolute atomic E-state index is 0.0140. The van der Waals surface area contributed by atoms with Crippen LogP contribution in [0.3, 0.4) is 0 Å². The minimum atomic E-state index is -1.36. The Morgan fingerprint density at radius 1 is 1.03 bits per heavy atom. The van der Waals surface area contributed by atoms with E-state index in [-0.39, 0.29) is 25.5 Å². The highest BCUT2D eigenvalue weighted by molar-refractivity contribution is 5.84. The number of benzene rings is 2. The zero-order valence-electron chi connectivity index (χ0n) is 17.2. The van der Waals surface area contributed by atoms with Gasteiger partial charge in [-0.15, -0.1) is 0 Å². The van der Waals surface area contributed by atoms with Crippen LogP contribution in [0.2, 0.25) is 0 Å². The standard InChI is InChI=1S/C23H26N2O6/c1-14(26)21(22(28)29)25-20(27)11-6-12-24-23(30)31-13-19-17-9-4-2-7-15(17)16-8-3-5-10-18(16)19/h2-5,7-10,14,19,21,26H,6,11-13H2,1H3,(H,24,30)(H,25,27)(H,28,29)/t14-,21+/m1/s1. The molecule has 0 fully saturated rings. The van der Waals surface area contributed by atoms with Crippen molar-refractivity contribution in [1.82, 2.24) is 10.6 Å². The van der Waals surface area contributed by atoms with Crippen LogP contribution in [-0.4, -0.2) is 53.5 Å². The lowest BCUT2D eigenvalue weighted by Crippen LogP contribution is -2.47. The first kappa shape index (κ1) is 22.3. The largest absolute Gasteiger partial charge is 0.480 e. The Labute approximate surface area is 180 Å². The van der Waals surface area contributed by atoms with Crippen molar-refractivity contribution in [3.63, 3.8) is 0 Å². The van der Waals surface area contributed by atoms with Crippen LogP contribution in [0.5, 0.6) is 0 Å². The maximum atomic E-state index is 12.1. The normalized spacial score (nSPS) is 14.1. The van der Waals surface area contributed by atoms with Crippen molar-refractivity contribution in [3.05, 3.63) is 59.7 Å². The highest BCUT2D eigenvalue weighted by Gasteiger charge is 2.29. The van der Waals surface area contributed by atoms with Crippen molar-refractivity contribution < 1.29 is 29.3 Å². The van der Waals surface area contributed by atoms with Gasteiger partial charge in [-0.3, -0.25) is 4.79 Å². The molecular weight excluding hydrogens is 400 g/mol. The molecule has 0 saturated carbocycles. The third-order valence-corrected chi connectivity index (χ3v) is 5.26. The summed E-state index contributed by atoms with van der Waals surface area (Å²) < 4.78 is 5.41. The lowest BCUT2D eigenvalue weighted by atomic mass is 9.98. The molecule has 0 aromatic heterocycles. The first-order valence-corrected chi connectivity index (χ1v) is 10.2. The topological polar surface area (TPSA) is 125 Å². The van der Waals surface area contributed by atoms with Crippen molar-refractivity contribution in [2.45, 2.75) is 37.8 Å². The van der Waals surface area contributed by atoms with Crippen LogP contribution >= 0.6 is 0 Å². The van der Waals surface area contributed by atoms with Crippen LogP contribution < -0.4 is 10.6 Å². The van der Waals surface area contributed by atoms with Gasteiger partial charge >= 0.3 is 12.1 Å². The SMILES string of the molecule is C[C@@H](O)[C@H](NC(=O)CCCNC(=O)OCC1c2ccccc2-c2ccccc21)C(=O)O. The van der Waals surface area contributed by atoms with Crippen molar-refractivity contribution in [3.8, 4) is 11.1 Å². The summed E-state index contributed by atoms with van der Waals surface area (Å²) in [5.74, 6) is -1.85. The van der Waals surface area contributed by atoms with Gasteiger partial charge in [0.1, 0.15) is 6.61 Å². The maximum Gasteiger partial charge on any atom is 0.407 e. The lowest BCUT2D eigenvalue weighted by Gasteiger charge is -2.17. The molecule has 164 valence electrons. The quantitative estimate of drug-likeness (QED) is 0.456. The summed E-state index contributed by atoms with van der Waals surface area (Å²) in [6.07, 6.45) is -1.46. The number of fused-ring (bicyclic) bond motifs is 3. The van der Waals surface area contributed by atoms with Gasteiger partial charge in [-0.1, -0.05) is 48.5 Å². The number of aliphatic hydroxyl groups excluding tert-OH is 1. The molecule has 0 saturated heterocycles. The van der Waals surface area contributed by atoms with Gasteiger partial charge in [-0.25, -0.2) is 9.59 Å². The van der Waals surface area contributed by atoms with E-state index in [9.17, 15) is 19.5 Å². The fourth-order valence-corrected chi connectivity index (χ4v) is 3.72.